The van der Waals surface area contributed by atoms with E-state index in [4.69, 9.17) is 18.9 Å². The average molecular weight is 473 g/mol. The van der Waals surface area contributed by atoms with Gasteiger partial charge in [0.25, 0.3) is 0 Å². The number of carbonyl (C=O) groups is 1. The predicted octanol–water partition coefficient (Wildman–Crippen LogP) is 4.19. The fourth-order valence-electron chi connectivity index (χ4n) is 3.19. The molecule has 1 amide bonds. The molecular formula is C23H28N4O5S. The van der Waals surface area contributed by atoms with Crippen LogP contribution in [-0.2, 0) is 11.3 Å². The molecule has 0 fully saturated rings. The summed E-state index contributed by atoms with van der Waals surface area (Å²) in [6, 6.07) is 12.7. The minimum absolute atomic E-state index is 0.153. The number of nitrogens with zero attached hydrogens (tertiary/aromatic N) is 3. The van der Waals surface area contributed by atoms with E-state index in [0.717, 1.165) is 0 Å². The van der Waals surface area contributed by atoms with Crippen LogP contribution in [-0.4, -0.2) is 47.8 Å². The lowest BCUT2D eigenvalue weighted by molar-refractivity contribution is -0.113. The Labute approximate surface area is 197 Å². The van der Waals surface area contributed by atoms with Crippen LogP contribution in [0.2, 0.25) is 0 Å². The lowest BCUT2D eigenvalue weighted by Crippen LogP contribution is -2.16. The minimum Gasteiger partial charge on any atom is -0.497 e. The number of rotatable bonds is 11. The van der Waals surface area contributed by atoms with Crippen LogP contribution in [0.15, 0.2) is 47.6 Å². The number of para-hydroxylation sites is 2. The molecule has 2 aromatic carbocycles. The van der Waals surface area contributed by atoms with E-state index in [0.29, 0.717) is 46.2 Å². The number of methoxy groups -OCH3 is 3. The molecular weight excluding hydrogens is 444 g/mol. The summed E-state index contributed by atoms with van der Waals surface area (Å²) < 4.78 is 23.9. The first-order valence-corrected chi connectivity index (χ1v) is 11.4. The van der Waals surface area contributed by atoms with Gasteiger partial charge in [0.2, 0.25) is 5.91 Å². The van der Waals surface area contributed by atoms with Crippen LogP contribution in [0.1, 0.15) is 25.8 Å². The molecule has 0 saturated carbocycles. The first-order chi connectivity index (χ1) is 16.0. The third-order valence-corrected chi connectivity index (χ3v) is 5.78. The maximum Gasteiger partial charge on any atom is 0.234 e. The van der Waals surface area contributed by atoms with E-state index in [9.17, 15) is 4.79 Å². The number of aromatic nitrogens is 3. The molecule has 0 aliphatic heterocycles. The highest BCUT2D eigenvalue weighted by atomic mass is 32.2. The number of thioether (sulfide) groups is 1. The van der Waals surface area contributed by atoms with E-state index in [1.807, 2.05) is 42.7 Å². The van der Waals surface area contributed by atoms with Crippen molar-refractivity contribution in [3.05, 3.63) is 48.3 Å². The Bertz CT molecular complexity index is 1090. The highest BCUT2D eigenvalue weighted by Crippen LogP contribution is 2.32. The van der Waals surface area contributed by atoms with E-state index >= 15 is 0 Å². The monoisotopic (exact) mass is 472 g/mol. The molecule has 1 aromatic heterocycles. The van der Waals surface area contributed by atoms with Gasteiger partial charge in [-0.2, -0.15) is 0 Å². The van der Waals surface area contributed by atoms with Crippen LogP contribution in [0.25, 0.3) is 0 Å². The molecule has 1 N–H and O–H groups in total. The molecule has 3 rings (SSSR count). The smallest absolute Gasteiger partial charge is 0.234 e. The van der Waals surface area contributed by atoms with Crippen molar-refractivity contribution < 1.29 is 23.7 Å². The van der Waals surface area contributed by atoms with Crippen molar-refractivity contribution in [1.82, 2.24) is 14.8 Å². The summed E-state index contributed by atoms with van der Waals surface area (Å²) in [6.45, 7) is 4.53. The second kappa shape index (κ2) is 11.5. The Hall–Kier alpha value is -3.40. The molecule has 176 valence electrons. The van der Waals surface area contributed by atoms with Crippen LogP contribution < -0.4 is 24.3 Å². The van der Waals surface area contributed by atoms with E-state index in [1.165, 1.54) is 11.8 Å². The second-order valence-corrected chi connectivity index (χ2v) is 7.84. The minimum atomic E-state index is -0.363. The largest absolute Gasteiger partial charge is 0.497 e. The molecule has 0 spiro atoms. The SMILES string of the molecule is CCn1c(SCC(=O)Nc2cc(OC)ccc2OC)nnc1C(C)Oc1ccccc1OC. The zero-order chi connectivity index (χ0) is 23.8. The average Bonchev–Trinajstić information content (AvgIpc) is 3.26. The van der Waals surface area contributed by atoms with Crippen molar-refractivity contribution >= 4 is 23.4 Å². The second-order valence-electron chi connectivity index (χ2n) is 6.90. The summed E-state index contributed by atoms with van der Waals surface area (Å²) in [4.78, 5) is 12.6. The molecule has 3 aromatic rings. The summed E-state index contributed by atoms with van der Waals surface area (Å²) >= 11 is 1.30. The first kappa shape index (κ1) is 24.2. The Morgan fingerprint density at radius 3 is 2.42 bits per heavy atom. The van der Waals surface area contributed by atoms with Gasteiger partial charge in [0.1, 0.15) is 11.5 Å². The van der Waals surface area contributed by atoms with Crippen LogP contribution in [0, 0.1) is 0 Å². The van der Waals surface area contributed by atoms with Gasteiger partial charge >= 0.3 is 0 Å². The third kappa shape index (κ3) is 5.89. The van der Waals surface area contributed by atoms with Crippen molar-refractivity contribution in [2.24, 2.45) is 0 Å². The quantitative estimate of drug-likeness (QED) is 0.415. The normalized spacial score (nSPS) is 11.5. The zero-order valence-corrected chi connectivity index (χ0v) is 20.1. The lowest BCUT2D eigenvalue weighted by Gasteiger charge is -2.17. The summed E-state index contributed by atoms with van der Waals surface area (Å²) in [7, 11) is 4.71. The van der Waals surface area contributed by atoms with Gasteiger partial charge in [-0.1, -0.05) is 23.9 Å². The zero-order valence-electron chi connectivity index (χ0n) is 19.3. The Balaban J connectivity index is 1.67. The van der Waals surface area contributed by atoms with Gasteiger partial charge in [-0.25, -0.2) is 0 Å². The first-order valence-electron chi connectivity index (χ1n) is 10.4. The van der Waals surface area contributed by atoms with Gasteiger partial charge in [-0.15, -0.1) is 10.2 Å². The van der Waals surface area contributed by atoms with Gasteiger partial charge in [0.05, 0.1) is 32.8 Å². The van der Waals surface area contributed by atoms with Crippen molar-refractivity contribution in [3.8, 4) is 23.0 Å². The highest BCUT2D eigenvalue weighted by molar-refractivity contribution is 7.99. The number of hydrogen-bond acceptors (Lipinski definition) is 8. The van der Waals surface area contributed by atoms with Crippen molar-refractivity contribution in [1.29, 1.82) is 0 Å². The fraction of sp³-hybridized carbons (Fsp3) is 0.348. The Morgan fingerprint density at radius 2 is 1.76 bits per heavy atom. The molecule has 1 unspecified atom stereocenters. The van der Waals surface area contributed by atoms with Crippen LogP contribution in [0.5, 0.6) is 23.0 Å². The summed E-state index contributed by atoms with van der Waals surface area (Å²) in [5.41, 5.74) is 0.541. The van der Waals surface area contributed by atoms with Crippen LogP contribution in [0.3, 0.4) is 0 Å². The van der Waals surface area contributed by atoms with Crippen LogP contribution in [0.4, 0.5) is 5.69 Å². The number of benzene rings is 2. The molecule has 10 heteroatoms. The summed E-state index contributed by atoms with van der Waals surface area (Å²) in [5.74, 6) is 3.07. The third-order valence-electron chi connectivity index (χ3n) is 4.81. The Kier molecular flexibility index (Phi) is 8.42. The topological polar surface area (TPSA) is 96.7 Å². The van der Waals surface area contributed by atoms with Crippen molar-refractivity contribution in [2.75, 3.05) is 32.4 Å². The number of carbonyl (C=O) groups excluding carboxylic acids is 1. The Morgan fingerprint density at radius 1 is 1.03 bits per heavy atom. The highest BCUT2D eigenvalue weighted by Gasteiger charge is 2.21. The van der Waals surface area contributed by atoms with E-state index < -0.39 is 0 Å². The molecule has 0 saturated heterocycles. The van der Waals surface area contributed by atoms with E-state index in [-0.39, 0.29) is 17.8 Å². The summed E-state index contributed by atoms with van der Waals surface area (Å²) in [6.07, 6.45) is -0.363. The standard InChI is InChI=1S/C23H28N4O5S/c1-6-27-22(15(2)32-20-10-8-7-9-19(20)31-5)25-26-23(27)33-14-21(28)24-17-13-16(29-3)11-12-18(17)30-4/h7-13,15H,6,14H2,1-5H3,(H,24,28). The molecule has 1 atom stereocenters. The lowest BCUT2D eigenvalue weighted by atomic mass is 10.2. The predicted molar refractivity (Wildman–Crippen MR) is 127 cm³/mol. The maximum absolute atomic E-state index is 12.6. The van der Waals surface area contributed by atoms with Gasteiger partial charge < -0.3 is 28.8 Å². The number of ether oxygens (including phenoxy) is 4. The fourth-order valence-corrected chi connectivity index (χ4v) is 4.00. The molecule has 9 nitrogen and oxygen atoms in total. The van der Waals surface area contributed by atoms with Crippen molar-refractivity contribution in [2.45, 2.75) is 31.7 Å². The molecule has 1 heterocycles. The van der Waals surface area contributed by atoms with Crippen molar-refractivity contribution in [3.63, 3.8) is 0 Å². The number of amides is 1. The van der Waals surface area contributed by atoms with Crippen LogP contribution >= 0.6 is 11.8 Å². The molecule has 0 bridgehead atoms. The maximum atomic E-state index is 12.6. The van der Waals surface area contributed by atoms with E-state index in [1.54, 1.807) is 39.5 Å². The number of nitrogens with one attached hydrogen (secondary N) is 1. The number of anilines is 1. The molecule has 0 aliphatic carbocycles. The molecule has 33 heavy (non-hydrogen) atoms. The van der Waals surface area contributed by atoms with Gasteiger partial charge in [-0.3, -0.25) is 4.79 Å². The number of hydrogen-bond donors (Lipinski definition) is 1. The van der Waals surface area contributed by atoms with Gasteiger partial charge in [0, 0.05) is 12.6 Å². The molecule has 0 aliphatic rings. The van der Waals surface area contributed by atoms with E-state index in [2.05, 4.69) is 15.5 Å². The molecule has 0 radical (unpaired) electrons. The summed E-state index contributed by atoms with van der Waals surface area (Å²) in [5, 5.41) is 12.1. The van der Waals surface area contributed by atoms with Gasteiger partial charge in [-0.05, 0) is 38.1 Å². The van der Waals surface area contributed by atoms with Gasteiger partial charge in [0.15, 0.2) is 28.6 Å².